The Morgan fingerprint density at radius 2 is 2.38 bits per heavy atom. The molecule has 1 aliphatic rings. The molecule has 16 heavy (non-hydrogen) atoms. The Hall–Kier alpha value is -1.09. The fourth-order valence-electron chi connectivity index (χ4n) is 2.55. The van der Waals surface area contributed by atoms with Crippen LogP contribution in [0, 0.1) is 6.92 Å². The smallest absolute Gasteiger partial charge is 0.131 e. The molecule has 0 aromatic carbocycles. The molecule has 0 aliphatic carbocycles. The van der Waals surface area contributed by atoms with Crippen molar-refractivity contribution in [3.05, 3.63) is 23.9 Å². The van der Waals surface area contributed by atoms with Crippen LogP contribution in [0.4, 0.5) is 5.82 Å². The number of hydrogen-bond acceptors (Lipinski definition) is 3. The van der Waals surface area contributed by atoms with Gasteiger partial charge in [-0.3, -0.25) is 0 Å². The molecule has 1 saturated heterocycles. The van der Waals surface area contributed by atoms with E-state index in [1.807, 2.05) is 12.3 Å². The average molecular weight is 219 g/mol. The van der Waals surface area contributed by atoms with E-state index < -0.39 is 0 Å². The molecule has 0 radical (unpaired) electrons. The summed E-state index contributed by atoms with van der Waals surface area (Å²) in [6.07, 6.45) is 6.82. The molecule has 2 rings (SSSR count). The van der Waals surface area contributed by atoms with Gasteiger partial charge in [0.1, 0.15) is 5.82 Å². The van der Waals surface area contributed by atoms with Crippen LogP contribution in [-0.4, -0.2) is 24.1 Å². The summed E-state index contributed by atoms with van der Waals surface area (Å²) in [5, 5.41) is 0. The largest absolute Gasteiger partial charge is 0.353 e. The van der Waals surface area contributed by atoms with E-state index in [4.69, 9.17) is 5.73 Å². The first-order valence-corrected chi connectivity index (χ1v) is 6.21. The van der Waals surface area contributed by atoms with Crippen LogP contribution in [0.5, 0.6) is 0 Å². The second kappa shape index (κ2) is 5.30. The third kappa shape index (κ3) is 2.35. The van der Waals surface area contributed by atoms with E-state index in [1.165, 1.54) is 24.8 Å². The molecule has 0 bridgehead atoms. The summed E-state index contributed by atoms with van der Waals surface area (Å²) in [6.45, 7) is 4.03. The van der Waals surface area contributed by atoms with Gasteiger partial charge in [-0.25, -0.2) is 4.98 Å². The average Bonchev–Trinajstić information content (AvgIpc) is 2.31. The summed E-state index contributed by atoms with van der Waals surface area (Å²) < 4.78 is 0. The van der Waals surface area contributed by atoms with Gasteiger partial charge in [0, 0.05) is 18.8 Å². The topological polar surface area (TPSA) is 42.2 Å². The van der Waals surface area contributed by atoms with Crippen molar-refractivity contribution in [2.45, 2.75) is 38.6 Å². The molecule has 2 N–H and O–H groups in total. The van der Waals surface area contributed by atoms with Gasteiger partial charge in [-0.2, -0.15) is 0 Å². The highest BCUT2D eigenvalue weighted by atomic mass is 15.2. The summed E-state index contributed by atoms with van der Waals surface area (Å²) in [6, 6.07) is 4.73. The fraction of sp³-hybridized carbons (Fsp3) is 0.615. The third-order valence-electron chi connectivity index (χ3n) is 3.38. The Morgan fingerprint density at radius 1 is 1.50 bits per heavy atom. The Morgan fingerprint density at radius 3 is 3.12 bits per heavy atom. The summed E-state index contributed by atoms with van der Waals surface area (Å²) in [7, 11) is 0. The van der Waals surface area contributed by atoms with Crippen molar-refractivity contribution < 1.29 is 0 Å². The molecule has 1 unspecified atom stereocenters. The lowest BCUT2D eigenvalue weighted by molar-refractivity contribution is 0.438. The van der Waals surface area contributed by atoms with Crippen molar-refractivity contribution >= 4 is 5.82 Å². The van der Waals surface area contributed by atoms with Gasteiger partial charge in [0.25, 0.3) is 0 Å². The Balaban J connectivity index is 2.19. The molecule has 88 valence electrons. The Labute approximate surface area is 97.7 Å². The molecular weight excluding hydrogens is 198 g/mol. The highest BCUT2D eigenvalue weighted by molar-refractivity contribution is 5.47. The first-order chi connectivity index (χ1) is 7.83. The van der Waals surface area contributed by atoms with Crippen LogP contribution < -0.4 is 10.6 Å². The maximum absolute atomic E-state index is 5.69. The minimum absolute atomic E-state index is 0.590. The first kappa shape index (κ1) is 11.4. The number of pyridine rings is 1. The van der Waals surface area contributed by atoms with Gasteiger partial charge in [-0.15, -0.1) is 0 Å². The van der Waals surface area contributed by atoms with Crippen molar-refractivity contribution in [3.63, 3.8) is 0 Å². The number of nitrogens with zero attached hydrogens (tertiary/aromatic N) is 2. The standard InChI is InChI=1S/C13H21N3/c1-11-5-4-9-15-13(11)16-10-3-2-6-12(16)7-8-14/h4-5,9,12H,2-3,6-8,10,14H2,1H3. The van der Waals surface area contributed by atoms with Crippen LogP contribution in [0.3, 0.4) is 0 Å². The minimum Gasteiger partial charge on any atom is -0.353 e. The van der Waals surface area contributed by atoms with E-state index in [0.717, 1.165) is 25.3 Å². The fourth-order valence-corrected chi connectivity index (χ4v) is 2.55. The van der Waals surface area contributed by atoms with Crippen LogP contribution in [0.15, 0.2) is 18.3 Å². The molecule has 1 atom stereocenters. The first-order valence-electron chi connectivity index (χ1n) is 6.21. The molecule has 1 aromatic rings. The SMILES string of the molecule is Cc1cccnc1N1CCCCC1CCN. The zero-order chi connectivity index (χ0) is 11.4. The van der Waals surface area contributed by atoms with Gasteiger partial charge >= 0.3 is 0 Å². The molecule has 1 aliphatic heterocycles. The number of hydrogen-bond donors (Lipinski definition) is 1. The number of aryl methyl sites for hydroxylation is 1. The van der Waals surface area contributed by atoms with Crippen LogP contribution in [-0.2, 0) is 0 Å². The van der Waals surface area contributed by atoms with Gasteiger partial charge in [0.15, 0.2) is 0 Å². The number of nitrogens with two attached hydrogens (primary N) is 1. The number of aromatic nitrogens is 1. The van der Waals surface area contributed by atoms with Gasteiger partial charge < -0.3 is 10.6 Å². The van der Waals surface area contributed by atoms with E-state index in [1.54, 1.807) is 0 Å². The third-order valence-corrected chi connectivity index (χ3v) is 3.38. The van der Waals surface area contributed by atoms with Gasteiger partial charge in [-0.05, 0) is 50.8 Å². The van der Waals surface area contributed by atoms with Crippen LogP contribution in [0.2, 0.25) is 0 Å². The Kier molecular flexibility index (Phi) is 3.78. The minimum atomic E-state index is 0.590. The van der Waals surface area contributed by atoms with Crippen molar-refractivity contribution in [1.82, 2.24) is 4.98 Å². The van der Waals surface area contributed by atoms with E-state index in [2.05, 4.69) is 22.9 Å². The summed E-state index contributed by atoms with van der Waals surface area (Å²) in [5.41, 5.74) is 6.96. The van der Waals surface area contributed by atoms with Crippen LogP contribution >= 0.6 is 0 Å². The highest BCUT2D eigenvalue weighted by Gasteiger charge is 2.23. The normalized spacial score (nSPS) is 21.1. The summed E-state index contributed by atoms with van der Waals surface area (Å²) in [5.74, 6) is 1.15. The lowest BCUT2D eigenvalue weighted by Crippen LogP contribution is -2.41. The molecule has 2 heterocycles. The highest BCUT2D eigenvalue weighted by Crippen LogP contribution is 2.26. The summed E-state index contributed by atoms with van der Waals surface area (Å²) in [4.78, 5) is 6.97. The second-order valence-corrected chi connectivity index (χ2v) is 4.56. The zero-order valence-corrected chi connectivity index (χ0v) is 10.0. The molecule has 0 saturated carbocycles. The lowest BCUT2D eigenvalue weighted by Gasteiger charge is -2.37. The molecule has 3 nitrogen and oxygen atoms in total. The van der Waals surface area contributed by atoms with Crippen molar-refractivity contribution in [1.29, 1.82) is 0 Å². The number of rotatable bonds is 3. The van der Waals surface area contributed by atoms with Gasteiger partial charge in [0.05, 0.1) is 0 Å². The monoisotopic (exact) mass is 219 g/mol. The lowest BCUT2D eigenvalue weighted by atomic mass is 9.99. The zero-order valence-electron chi connectivity index (χ0n) is 10.0. The maximum Gasteiger partial charge on any atom is 0.131 e. The number of anilines is 1. The molecule has 0 amide bonds. The molecular formula is C13H21N3. The molecule has 3 heteroatoms. The predicted octanol–water partition coefficient (Wildman–Crippen LogP) is 2.10. The van der Waals surface area contributed by atoms with Gasteiger partial charge in [0.2, 0.25) is 0 Å². The Bertz CT molecular complexity index is 336. The maximum atomic E-state index is 5.69. The van der Waals surface area contributed by atoms with Crippen LogP contribution in [0.1, 0.15) is 31.2 Å². The second-order valence-electron chi connectivity index (χ2n) is 4.56. The predicted molar refractivity (Wildman–Crippen MR) is 67.6 cm³/mol. The molecule has 0 spiro atoms. The van der Waals surface area contributed by atoms with E-state index in [9.17, 15) is 0 Å². The quantitative estimate of drug-likeness (QED) is 0.846. The molecule has 1 aromatic heterocycles. The van der Waals surface area contributed by atoms with Crippen LogP contribution in [0.25, 0.3) is 0 Å². The van der Waals surface area contributed by atoms with E-state index in [-0.39, 0.29) is 0 Å². The number of piperidine rings is 1. The van der Waals surface area contributed by atoms with E-state index in [0.29, 0.717) is 6.04 Å². The molecule has 1 fully saturated rings. The van der Waals surface area contributed by atoms with E-state index >= 15 is 0 Å². The van der Waals surface area contributed by atoms with Gasteiger partial charge in [-0.1, -0.05) is 6.07 Å². The van der Waals surface area contributed by atoms with Crippen molar-refractivity contribution in [3.8, 4) is 0 Å². The van der Waals surface area contributed by atoms with Crippen molar-refractivity contribution in [2.24, 2.45) is 5.73 Å². The summed E-state index contributed by atoms with van der Waals surface area (Å²) >= 11 is 0. The van der Waals surface area contributed by atoms with Crippen molar-refractivity contribution in [2.75, 3.05) is 18.0 Å².